The molecule has 104 valence electrons. The smallest absolute Gasteiger partial charge is 0.221 e. The standard InChI is InChI=1S/C12H15N7S/c1-18(2)9(10-4-3-7-20-10)8-14-11-12-15-16-17-19(12)6-5-13-11/h3-7,9H,8H2,1-2H3,(H,13,14)/t9-/m1/s1. The number of rotatable bonds is 5. The van der Waals surface area contributed by atoms with Crippen LogP contribution in [0.2, 0.25) is 0 Å². The van der Waals surface area contributed by atoms with Crippen LogP contribution in [0.3, 0.4) is 0 Å². The van der Waals surface area contributed by atoms with Crippen molar-refractivity contribution in [2.45, 2.75) is 6.04 Å². The van der Waals surface area contributed by atoms with Crippen LogP contribution in [0.4, 0.5) is 5.82 Å². The Hall–Kier alpha value is -2.06. The van der Waals surface area contributed by atoms with Gasteiger partial charge in [-0.2, -0.15) is 4.52 Å². The maximum absolute atomic E-state index is 4.30. The Balaban J connectivity index is 1.79. The van der Waals surface area contributed by atoms with Gasteiger partial charge in [-0.3, -0.25) is 0 Å². The van der Waals surface area contributed by atoms with Crippen LogP contribution in [0.25, 0.3) is 5.65 Å². The second-order valence-electron chi connectivity index (χ2n) is 4.60. The fourth-order valence-corrected chi connectivity index (χ4v) is 2.94. The van der Waals surface area contributed by atoms with Crippen LogP contribution in [0, 0.1) is 0 Å². The lowest BCUT2D eigenvalue weighted by Gasteiger charge is -2.23. The first-order valence-corrected chi connectivity index (χ1v) is 7.10. The summed E-state index contributed by atoms with van der Waals surface area (Å²) in [5.74, 6) is 0.695. The molecule has 1 N–H and O–H groups in total. The molecule has 0 bridgehead atoms. The molecule has 3 rings (SSSR count). The fraction of sp³-hybridized carbons (Fsp3) is 0.333. The zero-order chi connectivity index (χ0) is 13.9. The highest BCUT2D eigenvalue weighted by Gasteiger charge is 2.16. The van der Waals surface area contributed by atoms with Crippen molar-refractivity contribution in [3.05, 3.63) is 34.8 Å². The Morgan fingerprint density at radius 1 is 1.45 bits per heavy atom. The van der Waals surface area contributed by atoms with Crippen molar-refractivity contribution in [1.29, 1.82) is 0 Å². The molecule has 3 heterocycles. The monoisotopic (exact) mass is 289 g/mol. The van der Waals surface area contributed by atoms with Gasteiger partial charge in [-0.05, 0) is 36.0 Å². The van der Waals surface area contributed by atoms with E-state index in [1.165, 1.54) is 4.88 Å². The number of nitrogens with one attached hydrogen (secondary N) is 1. The first-order valence-electron chi connectivity index (χ1n) is 6.22. The van der Waals surface area contributed by atoms with Gasteiger partial charge in [0.25, 0.3) is 0 Å². The van der Waals surface area contributed by atoms with Crippen molar-refractivity contribution in [3.8, 4) is 0 Å². The Labute approximate surface area is 120 Å². The summed E-state index contributed by atoms with van der Waals surface area (Å²) in [5.41, 5.74) is 0.635. The molecule has 0 saturated carbocycles. The number of hydrogen-bond donors (Lipinski definition) is 1. The second-order valence-corrected chi connectivity index (χ2v) is 5.58. The Kier molecular flexibility index (Phi) is 3.57. The van der Waals surface area contributed by atoms with Gasteiger partial charge < -0.3 is 10.2 Å². The number of tetrazole rings is 1. The molecule has 0 spiro atoms. The van der Waals surface area contributed by atoms with E-state index < -0.39 is 0 Å². The molecular weight excluding hydrogens is 274 g/mol. The summed E-state index contributed by atoms with van der Waals surface area (Å²) in [6, 6.07) is 4.50. The summed E-state index contributed by atoms with van der Waals surface area (Å²) in [5, 5.41) is 16.9. The van der Waals surface area contributed by atoms with Gasteiger partial charge in [0.1, 0.15) is 0 Å². The second kappa shape index (κ2) is 5.51. The molecule has 0 aliphatic rings. The third kappa shape index (κ3) is 2.47. The minimum absolute atomic E-state index is 0.285. The third-order valence-electron chi connectivity index (χ3n) is 3.07. The molecule has 1 atom stereocenters. The minimum Gasteiger partial charge on any atom is -0.365 e. The SMILES string of the molecule is CN(C)[C@H](CNc1nccn2nnnc12)c1cccs1. The topological polar surface area (TPSA) is 71.2 Å². The van der Waals surface area contributed by atoms with E-state index in [4.69, 9.17) is 0 Å². The van der Waals surface area contributed by atoms with Crippen LogP contribution in [0.15, 0.2) is 29.9 Å². The Morgan fingerprint density at radius 2 is 2.35 bits per heavy atom. The average Bonchev–Trinajstić information content (AvgIpc) is 3.09. The van der Waals surface area contributed by atoms with Crippen molar-refractivity contribution in [1.82, 2.24) is 29.9 Å². The number of aromatic nitrogens is 5. The van der Waals surface area contributed by atoms with E-state index in [-0.39, 0.29) is 6.04 Å². The maximum atomic E-state index is 4.30. The lowest BCUT2D eigenvalue weighted by Crippen LogP contribution is -2.26. The highest BCUT2D eigenvalue weighted by atomic mass is 32.1. The van der Waals surface area contributed by atoms with Gasteiger partial charge in [0.15, 0.2) is 5.82 Å². The number of likely N-dealkylation sites (N-methyl/N-ethyl adjacent to an activating group) is 1. The molecule has 0 aliphatic heterocycles. The molecule has 8 heteroatoms. The number of anilines is 1. The van der Waals surface area contributed by atoms with E-state index in [0.717, 1.165) is 6.54 Å². The predicted molar refractivity (Wildman–Crippen MR) is 77.8 cm³/mol. The lowest BCUT2D eigenvalue weighted by atomic mass is 10.2. The molecule has 0 fully saturated rings. The Morgan fingerprint density at radius 3 is 3.10 bits per heavy atom. The molecule has 0 aromatic carbocycles. The first kappa shape index (κ1) is 12.9. The molecule has 3 aromatic rings. The van der Waals surface area contributed by atoms with Crippen molar-refractivity contribution >= 4 is 22.8 Å². The summed E-state index contributed by atoms with van der Waals surface area (Å²) >= 11 is 1.75. The zero-order valence-electron chi connectivity index (χ0n) is 11.3. The van der Waals surface area contributed by atoms with Gasteiger partial charge in [0, 0.05) is 17.6 Å². The molecule has 20 heavy (non-hydrogen) atoms. The molecule has 0 radical (unpaired) electrons. The predicted octanol–water partition coefficient (Wildman–Crippen LogP) is 1.30. The Bertz CT molecular complexity index is 676. The highest BCUT2D eigenvalue weighted by molar-refractivity contribution is 7.10. The van der Waals surface area contributed by atoms with Crippen molar-refractivity contribution < 1.29 is 0 Å². The molecule has 0 saturated heterocycles. The molecule has 3 aromatic heterocycles. The minimum atomic E-state index is 0.285. The summed E-state index contributed by atoms with van der Waals surface area (Å²) in [6.45, 7) is 0.743. The number of thiophene rings is 1. The number of hydrogen-bond acceptors (Lipinski definition) is 7. The zero-order valence-corrected chi connectivity index (χ0v) is 12.1. The molecule has 0 amide bonds. The summed E-state index contributed by atoms with van der Waals surface area (Å²) < 4.78 is 1.60. The van der Waals surface area contributed by atoms with Gasteiger partial charge in [-0.1, -0.05) is 6.07 Å². The van der Waals surface area contributed by atoms with Crippen LogP contribution < -0.4 is 5.32 Å². The molecular formula is C12H15N7S. The lowest BCUT2D eigenvalue weighted by molar-refractivity contribution is 0.316. The van der Waals surface area contributed by atoms with E-state index in [9.17, 15) is 0 Å². The van der Waals surface area contributed by atoms with E-state index in [1.807, 2.05) is 0 Å². The maximum Gasteiger partial charge on any atom is 0.221 e. The van der Waals surface area contributed by atoms with Crippen molar-refractivity contribution in [2.75, 3.05) is 26.0 Å². The van der Waals surface area contributed by atoms with Crippen molar-refractivity contribution in [2.24, 2.45) is 0 Å². The molecule has 7 nitrogen and oxygen atoms in total. The third-order valence-corrected chi connectivity index (χ3v) is 4.05. The normalized spacial score (nSPS) is 12.9. The van der Waals surface area contributed by atoms with Gasteiger partial charge in [-0.25, -0.2) is 4.98 Å². The van der Waals surface area contributed by atoms with Crippen LogP contribution in [0.1, 0.15) is 10.9 Å². The van der Waals surface area contributed by atoms with E-state index >= 15 is 0 Å². The van der Waals surface area contributed by atoms with Gasteiger partial charge in [0.05, 0.1) is 12.2 Å². The fourth-order valence-electron chi connectivity index (χ4n) is 2.02. The highest BCUT2D eigenvalue weighted by Crippen LogP contribution is 2.23. The van der Waals surface area contributed by atoms with Crippen LogP contribution in [-0.2, 0) is 0 Å². The van der Waals surface area contributed by atoms with E-state index in [1.54, 1.807) is 28.2 Å². The van der Waals surface area contributed by atoms with Gasteiger partial charge >= 0.3 is 0 Å². The van der Waals surface area contributed by atoms with Crippen LogP contribution in [-0.4, -0.2) is 50.6 Å². The van der Waals surface area contributed by atoms with Gasteiger partial charge in [-0.15, -0.1) is 16.4 Å². The van der Waals surface area contributed by atoms with Crippen LogP contribution in [0.5, 0.6) is 0 Å². The summed E-state index contributed by atoms with van der Waals surface area (Å²) in [6.07, 6.45) is 3.41. The summed E-state index contributed by atoms with van der Waals surface area (Å²) in [7, 11) is 4.14. The van der Waals surface area contributed by atoms with Crippen molar-refractivity contribution in [3.63, 3.8) is 0 Å². The number of fused-ring (bicyclic) bond motifs is 1. The largest absolute Gasteiger partial charge is 0.365 e. The van der Waals surface area contributed by atoms with E-state index in [2.05, 4.69) is 62.3 Å². The first-order chi connectivity index (χ1) is 9.75. The van der Waals surface area contributed by atoms with Gasteiger partial charge in [0.2, 0.25) is 5.65 Å². The quantitative estimate of drug-likeness (QED) is 0.763. The number of nitrogens with zero attached hydrogens (tertiary/aromatic N) is 6. The average molecular weight is 289 g/mol. The van der Waals surface area contributed by atoms with E-state index in [0.29, 0.717) is 11.5 Å². The summed E-state index contributed by atoms with van der Waals surface area (Å²) in [4.78, 5) is 7.80. The molecule has 0 unspecified atom stereocenters. The molecule has 0 aliphatic carbocycles. The van der Waals surface area contributed by atoms with Crippen LogP contribution >= 0.6 is 11.3 Å².